The largest absolute Gasteiger partial charge is 0.346 e. The summed E-state index contributed by atoms with van der Waals surface area (Å²) in [5.74, 6) is -0.507. The monoisotopic (exact) mass is 362 g/mol. The Balaban J connectivity index is 1.51. The van der Waals surface area contributed by atoms with Gasteiger partial charge in [0.1, 0.15) is 5.82 Å². The number of H-pyrrole nitrogens is 1. The molecule has 2 aromatic carbocycles. The summed E-state index contributed by atoms with van der Waals surface area (Å²) in [5.41, 5.74) is 2.70. The lowest BCUT2D eigenvalue weighted by Crippen LogP contribution is -2.30. The molecule has 6 heteroatoms. The molecule has 0 aliphatic carbocycles. The zero-order valence-corrected chi connectivity index (χ0v) is 14.9. The van der Waals surface area contributed by atoms with Crippen molar-refractivity contribution in [2.45, 2.75) is 6.54 Å². The number of benzene rings is 2. The van der Waals surface area contributed by atoms with Crippen molar-refractivity contribution in [2.24, 2.45) is 0 Å². The van der Waals surface area contributed by atoms with E-state index in [-0.39, 0.29) is 11.7 Å². The highest BCUT2D eigenvalue weighted by molar-refractivity contribution is 5.99. The minimum absolute atomic E-state index is 0.153. The minimum atomic E-state index is -0.353. The standard InChI is InChI=1S/C21H19FN4O/c1-25(11-12-26-10-9-15-5-2-3-8-19(15)26)21(27)18-14-23-24-20(18)16-6-4-7-17(22)13-16/h2-10,13-14H,11-12H2,1H3,(H,23,24). The molecule has 0 spiro atoms. The first-order valence-electron chi connectivity index (χ1n) is 8.72. The van der Waals surface area contributed by atoms with E-state index >= 15 is 0 Å². The van der Waals surface area contributed by atoms with Crippen molar-refractivity contribution in [3.8, 4) is 11.3 Å². The van der Waals surface area contributed by atoms with Gasteiger partial charge in [-0.05, 0) is 29.7 Å². The Morgan fingerprint density at radius 3 is 2.89 bits per heavy atom. The predicted molar refractivity (Wildman–Crippen MR) is 103 cm³/mol. The summed E-state index contributed by atoms with van der Waals surface area (Å²) in [5, 5.41) is 7.97. The van der Waals surface area contributed by atoms with Gasteiger partial charge in [0.2, 0.25) is 0 Å². The van der Waals surface area contributed by atoms with Gasteiger partial charge in [0.15, 0.2) is 0 Å². The Labute approximate surface area is 156 Å². The topological polar surface area (TPSA) is 53.9 Å². The molecule has 0 fully saturated rings. The molecule has 5 nitrogen and oxygen atoms in total. The fourth-order valence-electron chi connectivity index (χ4n) is 3.21. The van der Waals surface area contributed by atoms with Gasteiger partial charge < -0.3 is 9.47 Å². The first-order valence-corrected chi connectivity index (χ1v) is 8.72. The van der Waals surface area contributed by atoms with Crippen molar-refractivity contribution in [1.82, 2.24) is 19.7 Å². The lowest BCUT2D eigenvalue weighted by Gasteiger charge is -2.18. The number of para-hydroxylation sites is 1. The quantitative estimate of drug-likeness (QED) is 0.585. The van der Waals surface area contributed by atoms with E-state index in [2.05, 4.69) is 33.0 Å². The number of carbonyl (C=O) groups is 1. The number of hydrogen-bond donors (Lipinski definition) is 1. The van der Waals surface area contributed by atoms with Gasteiger partial charge in [-0.25, -0.2) is 4.39 Å². The van der Waals surface area contributed by atoms with E-state index in [9.17, 15) is 9.18 Å². The van der Waals surface area contributed by atoms with Crippen LogP contribution in [0.3, 0.4) is 0 Å². The Morgan fingerprint density at radius 2 is 2.04 bits per heavy atom. The third-order valence-electron chi connectivity index (χ3n) is 4.69. The molecule has 2 aromatic heterocycles. The van der Waals surface area contributed by atoms with Crippen LogP contribution in [0.25, 0.3) is 22.2 Å². The molecule has 1 amide bonds. The van der Waals surface area contributed by atoms with Crippen molar-refractivity contribution < 1.29 is 9.18 Å². The number of carbonyl (C=O) groups excluding carboxylic acids is 1. The maximum atomic E-state index is 13.5. The van der Waals surface area contributed by atoms with Crippen LogP contribution < -0.4 is 0 Å². The van der Waals surface area contributed by atoms with Gasteiger partial charge in [-0.2, -0.15) is 5.10 Å². The number of aromatic nitrogens is 3. The molecular formula is C21H19FN4O. The van der Waals surface area contributed by atoms with Gasteiger partial charge >= 0.3 is 0 Å². The Kier molecular flexibility index (Phi) is 4.46. The van der Waals surface area contributed by atoms with E-state index < -0.39 is 0 Å². The highest BCUT2D eigenvalue weighted by Gasteiger charge is 2.19. The third kappa shape index (κ3) is 3.33. The first-order chi connectivity index (χ1) is 13.1. The van der Waals surface area contributed by atoms with Crippen molar-refractivity contribution in [3.63, 3.8) is 0 Å². The summed E-state index contributed by atoms with van der Waals surface area (Å²) < 4.78 is 15.7. The maximum Gasteiger partial charge on any atom is 0.257 e. The number of rotatable bonds is 5. The van der Waals surface area contributed by atoms with Crippen LogP contribution in [0.5, 0.6) is 0 Å². The molecule has 1 N–H and O–H groups in total. The number of nitrogens with one attached hydrogen (secondary N) is 1. The smallest absolute Gasteiger partial charge is 0.257 e. The molecule has 0 aliphatic heterocycles. The highest BCUT2D eigenvalue weighted by atomic mass is 19.1. The molecule has 0 saturated heterocycles. The van der Waals surface area contributed by atoms with Crippen LogP contribution in [0, 0.1) is 5.82 Å². The first kappa shape index (κ1) is 17.0. The number of amides is 1. The van der Waals surface area contributed by atoms with Gasteiger partial charge in [0.25, 0.3) is 5.91 Å². The predicted octanol–water partition coefficient (Wildman–Crippen LogP) is 3.94. The second-order valence-corrected chi connectivity index (χ2v) is 6.46. The fraction of sp³-hybridized carbons (Fsp3) is 0.143. The molecule has 0 aliphatic rings. The maximum absolute atomic E-state index is 13.5. The molecule has 0 bridgehead atoms. The molecule has 0 unspecified atom stereocenters. The van der Waals surface area contributed by atoms with E-state index in [1.54, 1.807) is 24.1 Å². The summed E-state index contributed by atoms with van der Waals surface area (Å²) in [6.45, 7) is 1.23. The van der Waals surface area contributed by atoms with Crippen LogP contribution in [0.1, 0.15) is 10.4 Å². The molecular weight excluding hydrogens is 343 g/mol. The summed E-state index contributed by atoms with van der Waals surface area (Å²) in [6.07, 6.45) is 3.52. The van der Waals surface area contributed by atoms with Crippen LogP contribution in [-0.4, -0.2) is 39.2 Å². The molecule has 0 atom stereocenters. The number of fused-ring (bicyclic) bond motifs is 1. The number of aromatic amines is 1. The average Bonchev–Trinajstić information content (AvgIpc) is 3.33. The van der Waals surface area contributed by atoms with Gasteiger partial charge in [-0.1, -0.05) is 30.3 Å². The van der Waals surface area contributed by atoms with Crippen molar-refractivity contribution in [1.29, 1.82) is 0 Å². The molecule has 0 saturated carbocycles. The second-order valence-electron chi connectivity index (χ2n) is 6.46. The van der Waals surface area contributed by atoms with Crippen molar-refractivity contribution in [3.05, 3.63) is 78.4 Å². The van der Waals surface area contributed by atoms with E-state index in [0.717, 1.165) is 5.52 Å². The van der Waals surface area contributed by atoms with Gasteiger partial charge in [0.05, 0.1) is 17.5 Å². The third-order valence-corrected chi connectivity index (χ3v) is 4.69. The number of likely N-dealkylation sites (N-methyl/N-ethyl adjacent to an activating group) is 1. The molecule has 27 heavy (non-hydrogen) atoms. The van der Waals surface area contributed by atoms with Crippen LogP contribution in [0.15, 0.2) is 67.0 Å². The van der Waals surface area contributed by atoms with E-state index in [1.165, 1.54) is 23.7 Å². The highest BCUT2D eigenvalue weighted by Crippen LogP contribution is 2.23. The van der Waals surface area contributed by atoms with Gasteiger partial charge in [-0.15, -0.1) is 0 Å². The van der Waals surface area contributed by atoms with Crippen LogP contribution in [0.4, 0.5) is 4.39 Å². The van der Waals surface area contributed by atoms with E-state index in [1.807, 2.05) is 18.3 Å². The van der Waals surface area contributed by atoms with Crippen LogP contribution in [-0.2, 0) is 6.54 Å². The zero-order valence-electron chi connectivity index (χ0n) is 14.9. The molecule has 136 valence electrons. The summed E-state index contributed by atoms with van der Waals surface area (Å²) in [7, 11) is 1.76. The summed E-state index contributed by atoms with van der Waals surface area (Å²) in [4.78, 5) is 14.5. The van der Waals surface area contributed by atoms with Crippen molar-refractivity contribution >= 4 is 16.8 Å². The number of nitrogens with zero attached hydrogens (tertiary/aromatic N) is 3. The van der Waals surface area contributed by atoms with E-state index in [4.69, 9.17) is 0 Å². The Bertz CT molecular complexity index is 1100. The Hall–Kier alpha value is -3.41. The molecule has 2 heterocycles. The number of hydrogen-bond acceptors (Lipinski definition) is 2. The SMILES string of the molecule is CN(CCn1ccc2ccccc21)C(=O)c1cn[nH]c1-c1cccc(F)c1. The average molecular weight is 362 g/mol. The second kappa shape index (κ2) is 7.07. The molecule has 0 radical (unpaired) electrons. The van der Waals surface area contributed by atoms with Gasteiger partial charge in [0, 0.05) is 37.4 Å². The van der Waals surface area contributed by atoms with Crippen LogP contribution >= 0.6 is 0 Å². The van der Waals surface area contributed by atoms with Gasteiger partial charge in [-0.3, -0.25) is 9.89 Å². The van der Waals surface area contributed by atoms with E-state index in [0.29, 0.717) is 29.9 Å². The van der Waals surface area contributed by atoms with Crippen molar-refractivity contribution in [2.75, 3.05) is 13.6 Å². The normalized spacial score (nSPS) is 11.0. The lowest BCUT2D eigenvalue weighted by atomic mass is 10.1. The molecule has 4 aromatic rings. The minimum Gasteiger partial charge on any atom is -0.346 e. The summed E-state index contributed by atoms with van der Waals surface area (Å²) >= 11 is 0. The summed E-state index contributed by atoms with van der Waals surface area (Å²) in [6, 6.07) is 16.3. The Morgan fingerprint density at radius 1 is 1.19 bits per heavy atom. The zero-order chi connectivity index (χ0) is 18.8. The van der Waals surface area contributed by atoms with Crippen LogP contribution in [0.2, 0.25) is 0 Å². The molecule has 4 rings (SSSR count). The lowest BCUT2D eigenvalue weighted by molar-refractivity contribution is 0.0791. The number of halogens is 1. The fourth-order valence-corrected chi connectivity index (χ4v) is 3.21.